The lowest BCUT2D eigenvalue weighted by Gasteiger charge is -2.20. The van der Waals surface area contributed by atoms with Crippen molar-refractivity contribution in [3.8, 4) is 22.7 Å². The highest BCUT2D eigenvalue weighted by atomic mass is 32.2. The molecule has 6 heteroatoms. The Hall–Kier alpha value is -2.44. The smallest absolute Gasteiger partial charge is 0.117 e. The number of phenols is 1. The van der Waals surface area contributed by atoms with Crippen LogP contribution in [-0.2, 0) is 12.8 Å². The minimum Gasteiger partial charge on any atom is -0.508 e. The SMILES string of the molecule is CSNc1ccc2c(c1)-c1c(c(C(C)N)nn1-c1cccc(O)c1)CC2. The van der Waals surface area contributed by atoms with Crippen LogP contribution in [0.5, 0.6) is 5.75 Å². The predicted molar refractivity (Wildman–Crippen MR) is 108 cm³/mol. The lowest BCUT2D eigenvalue weighted by Crippen LogP contribution is -2.11. The van der Waals surface area contributed by atoms with Crippen molar-refractivity contribution >= 4 is 17.6 Å². The van der Waals surface area contributed by atoms with Crippen molar-refractivity contribution in [2.45, 2.75) is 25.8 Å². The van der Waals surface area contributed by atoms with Gasteiger partial charge in [0, 0.05) is 35.2 Å². The van der Waals surface area contributed by atoms with Gasteiger partial charge in [-0.15, -0.1) is 0 Å². The van der Waals surface area contributed by atoms with Crippen molar-refractivity contribution < 1.29 is 5.11 Å². The van der Waals surface area contributed by atoms with Crippen LogP contribution < -0.4 is 10.5 Å². The molecule has 1 aliphatic rings. The Morgan fingerprint density at radius 3 is 2.81 bits per heavy atom. The van der Waals surface area contributed by atoms with Crippen LogP contribution in [0.1, 0.15) is 29.8 Å². The number of nitrogens with zero attached hydrogens (tertiary/aromatic N) is 2. The first-order valence-corrected chi connectivity index (χ1v) is 9.90. The number of fused-ring (bicyclic) bond motifs is 3. The van der Waals surface area contributed by atoms with E-state index in [0.29, 0.717) is 0 Å². The van der Waals surface area contributed by atoms with Crippen molar-refractivity contribution in [2.75, 3.05) is 11.0 Å². The molecule has 0 fully saturated rings. The van der Waals surface area contributed by atoms with E-state index in [1.165, 1.54) is 16.7 Å². The number of phenolic OH excluding ortho intramolecular Hbond substituents is 1. The summed E-state index contributed by atoms with van der Waals surface area (Å²) in [5.41, 5.74) is 13.8. The third kappa shape index (κ3) is 2.85. The number of anilines is 1. The molecule has 0 saturated heterocycles. The number of rotatable bonds is 4. The molecule has 26 heavy (non-hydrogen) atoms. The summed E-state index contributed by atoms with van der Waals surface area (Å²) in [6.07, 6.45) is 3.91. The van der Waals surface area contributed by atoms with Crippen LogP contribution in [-0.4, -0.2) is 21.1 Å². The van der Waals surface area contributed by atoms with Crippen LogP contribution in [0, 0.1) is 0 Å². The van der Waals surface area contributed by atoms with Crippen LogP contribution in [0.2, 0.25) is 0 Å². The van der Waals surface area contributed by atoms with Gasteiger partial charge >= 0.3 is 0 Å². The number of nitrogens with one attached hydrogen (secondary N) is 1. The minimum absolute atomic E-state index is 0.142. The summed E-state index contributed by atoms with van der Waals surface area (Å²) in [5.74, 6) is 0.225. The monoisotopic (exact) mass is 366 g/mol. The number of aromatic nitrogens is 2. The summed E-state index contributed by atoms with van der Waals surface area (Å²) in [6, 6.07) is 13.5. The highest BCUT2D eigenvalue weighted by Crippen LogP contribution is 2.40. The van der Waals surface area contributed by atoms with Crippen LogP contribution in [0.3, 0.4) is 0 Å². The van der Waals surface area contributed by atoms with E-state index in [-0.39, 0.29) is 11.8 Å². The molecule has 0 saturated carbocycles. The summed E-state index contributed by atoms with van der Waals surface area (Å²) < 4.78 is 5.23. The molecule has 0 aliphatic heterocycles. The molecule has 2 aromatic carbocycles. The zero-order valence-electron chi connectivity index (χ0n) is 14.9. The van der Waals surface area contributed by atoms with Gasteiger partial charge in [-0.3, -0.25) is 0 Å². The van der Waals surface area contributed by atoms with E-state index in [1.807, 2.05) is 30.0 Å². The van der Waals surface area contributed by atoms with Gasteiger partial charge in [-0.25, -0.2) is 4.68 Å². The molecular weight excluding hydrogens is 344 g/mol. The van der Waals surface area contributed by atoms with Gasteiger partial charge in [0.25, 0.3) is 0 Å². The van der Waals surface area contributed by atoms with Crippen molar-refractivity contribution in [1.82, 2.24) is 9.78 Å². The second-order valence-corrected chi connectivity index (χ2v) is 7.22. The molecule has 3 aromatic rings. The van der Waals surface area contributed by atoms with E-state index >= 15 is 0 Å². The quantitative estimate of drug-likeness (QED) is 0.607. The zero-order valence-corrected chi connectivity index (χ0v) is 15.7. The molecule has 0 radical (unpaired) electrons. The average molecular weight is 366 g/mol. The first kappa shape index (κ1) is 17.0. The Balaban J connectivity index is 1.97. The first-order valence-electron chi connectivity index (χ1n) is 8.67. The maximum atomic E-state index is 9.93. The van der Waals surface area contributed by atoms with Crippen molar-refractivity contribution in [1.29, 1.82) is 0 Å². The summed E-state index contributed by atoms with van der Waals surface area (Å²) >= 11 is 1.57. The Bertz CT molecular complexity index is 964. The second-order valence-electron chi connectivity index (χ2n) is 6.61. The molecule has 0 bridgehead atoms. The fourth-order valence-electron chi connectivity index (χ4n) is 3.62. The summed E-state index contributed by atoms with van der Waals surface area (Å²) in [7, 11) is 0. The summed E-state index contributed by atoms with van der Waals surface area (Å²) in [5, 5.41) is 14.8. The molecule has 4 rings (SSSR count). The van der Waals surface area contributed by atoms with E-state index in [2.05, 4.69) is 22.9 Å². The molecule has 4 N–H and O–H groups in total. The van der Waals surface area contributed by atoms with Gasteiger partial charge in [-0.1, -0.05) is 24.1 Å². The van der Waals surface area contributed by atoms with Gasteiger partial charge in [-0.2, -0.15) is 5.10 Å². The number of hydrogen-bond acceptors (Lipinski definition) is 5. The maximum Gasteiger partial charge on any atom is 0.117 e. The lowest BCUT2D eigenvalue weighted by molar-refractivity contribution is 0.475. The lowest BCUT2D eigenvalue weighted by atomic mass is 9.87. The molecule has 0 amide bonds. The molecular formula is C20H22N4OS. The number of nitrogens with two attached hydrogens (primary N) is 1. The first-order chi connectivity index (χ1) is 12.6. The molecule has 1 atom stereocenters. The standard InChI is InChI=1S/C20H22N4OS/c1-12(21)19-17-9-7-13-6-8-14(23-26-2)10-18(13)20(17)24(22-19)15-4-3-5-16(25)11-15/h3-6,8,10-12,23,25H,7,9,21H2,1-2H3. The van der Waals surface area contributed by atoms with E-state index in [4.69, 9.17) is 10.8 Å². The van der Waals surface area contributed by atoms with Crippen LogP contribution in [0.4, 0.5) is 5.69 Å². The van der Waals surface area contributed by atoms with Crippen molar-refractivity contribution in [3.05, 3.63) is 59.3 Å². The number of aryl methyl sites for hydroxylation is 1. The van der Waals surface area contributed by atoms with Gasteiger partial charge in [0.1, 0.15) is 5.75 Å². The molecule has 1 unspecified atom stereocenters. The fourth-order valence-corrected chi connectivity index (χ4v) is 3.99. The van der Waals surface area contributed by atoms with E-state index in [0.717, 1.165) is 35.6 Å². The highest BCUT2D eigenvalue weighted by molar-refractivity contribution is 7.99. The van der Waals surface area contributed by atoms with E-state index in [1.54, 1.807) is 24.1 Å². The van der Waals surface area contributed by atoms with E-state index < -0.39 is 0 Å². The summed E-state index contributed by atoms with van der Waals surface area (Å²) in [4.78, 5) is 0. The predicted octanol–water partition coefficient (Wildman–Crippen LogP) is 4.05. The van der Waals surface area contributed by atoms with E-state index in [9.17, 15) is 5.11 Å². The Labute approximate surface area is 157 Å². The number of benzene rings is 2. The minimum atomic E-state index is -0.142. The third-order valence-electron chi connectivity index (χ3n) is 4.75. The van der Waals surface area contributed by atoms with Crippen LogP contribution >= 0.6 is 11.9 Å². The summed E-state index contributed by atoms with van der Waals surface area (Å²) in [6.45, 7) is 1.97. The second kappa shape index (κ2) is 6.70. The molecule has 1 heterocycles. The number of aromatic hydroxyl groups is 1. The molecule has 0 spiro atoms. The van der Waals surface area contributed by atoms with Crippen LogP contribution in [0.15, 0.2) is 42.5 Å². The average Bonchev–Trinajstić information content (AvgIpc) is 3.02. The topological polar surface area (TPSA) is 76.1 Å². The molecule has 1 aliphatic carbocycles. The van der Waals surface area contributed by atoms with Gasteiger partial charge in [-0.05, 0) is 49.6 Å². The van der Waals surface area contributed by atoms with Crippen molar-refractivity contribution in [2.24, 2.45) is 5.73 Å². The van der Waals surface area contributed by atoms with Gasteiger partial charge in [0.05, 0.1) is 17.1 Å². The molecule has 1 aromatic heterocycles. The fraction of sp³-hybridized carbons (Fsp3) is 0.250. The van der Waals surface area contributed by atoms with Gasteiger partial charge in [0.15, 0.2) is 0 Å². The van der Waals surface area contributed by atoms with Gasteiger partial charge in [0.2, 0.25) is 0 Å². The third-order valence-corrected chi connectivity index (χ3v) is 5.19. The molecule has 5 nitrogen and oxygen atoms in total. The number of hydrogen-bond donors (Lipinski definition) is 3. The van der Waals surface area contributed by atoms with Gasteiger partial charge < -0.3 is 15.6 Å². The normalized spacial score (nSPS) is 13.8. The largest absolute Gasteiger partial charge is 0.508 e. The molecule has 134 valence electrons. The zero-order chi connectivity index (χ0) is 18.3. The maximum absolute atomic E-state index is 9.93. The Kier molecular flexibility index (Phi) is 4.38. The Morgan fingerprint density at radius 1 is 1.23 bits per heavy atom. The highest BCUT2D eigenvalue weighted by Gasteiger charge is 2.27. The Morgan fingerprint density at radius 2 is 2.08 bits per heavy atom. The van der Waals surface area contributed by atoms with Crippen LogP contribution in [0.25, 0.3) is 16.9 Å². The van der Waals surface area contributed by atoms with Crippen molar-refractivity contribution in [3.63, 3.8) is 0 Å².